The molecule has 1 aromatic heterocycles. The summed E-state index contributed by atoms with van der Waals surface area (Å²) in [6.45, 7) is 4.15. The smallest absolute Gasteiger partial charge is 0.237 e. The van der Waals surface area contributed by atoms with Gasteiger partial charge in [-0.2, -0.15) is 5.21 Å². The van der Waals surface area contributed by atoms with Crippen LogP contribution in [0.4, 0.5) is 0 Å². The van der Waals surface area contributed by atoms with E-state index in [4.69, 9.17) is 0 Å². The van der Waals surface area contributed by atoms with Gasteiger partial charge in [-0.25, -0.2) is 0 Å². The van der Waals surface area contributed by atoms with Gasteiger partial charge in [0.05, 0.1) is 19.0 Å². The zero-order valence-corrected chi connectivity index (χ0v) is 14.0. The van der Waals surface area contributed by atoms with Crippen molar-refractivity contribution in [3.63, 3.8) is 0 Å². The van der Waals surface area contributed by atoms with E-state index in [0.29, 0.717) is 25.5 Å². The molecule has 3 N–H and O–H groups in total. The molecule has 25 heavy (non-hydrogen) atoms. The monoisotopic (exact) mass is 343 g/mol. The lowest BCUT2D eigenvalue weighted by molar-refractivity contribution is -0.134. The van der Waals surface area contributed by atoms with Crippen LogP contribution in [0.1, 0.15) is 23.4 Å². The van der Waals surface area contributed by atoms with E-state index in [1.54, 1.807) is 0 Å². The number of hydrogen-bond donors (Lipinski definition) is 3. The lowest BCUT2D eigenvalue weighted by Crippen LogP contribution is -2.56. The molecule has 1 saturated heterocycles. The van der Waals surface area contributed by atoms with E-state index in [0.717, 1.165) is 5.56 Å². The fraction of sp³-hybridized carbons (Fsp3) is 0.438. The standard InChI is InChI=1S/C16H21N7O2/c1-11-2-4-12(5-3-11)10-23-7-6-17-16(25)13(23)8-15(24)18-9-14-19-21-22-20-14/h2-5,13H,6-10H2,1H3,(H,17,25)(H,18,24)(H,19,20,21,22)/t13-/m0/s1. The van der Waals surface area contributed by atoms with Crippen LogP contribution in [-0.4, -0.2) is 56.5 Å². The second-order valence-electron chi connectivity index (χ2n) is 6.07. The van der Waals surface area contributed by atoms with Crippen molar-refractivity contribution in [3.05, 3.63) is 41.2 Å². The maximum absolute atomic E-state index is 12.2. The average Bonchev–Trinajstić information content (AvgIpc) is 3.12. The van der Waals surface area contributed by atoms with Gasteiger partial charge in [0.2, 0.25) is 11.8 Å². The first-order chi connectivity index (χ1) is 12.1. The van der Waals surface area contributed by atoms with Gasteiger partial charge in [0.15, 0.2) is 5.82 Å². The van der Waals surface area contributed by atoms with Crippen molar-refractivity contribution in [2.75, 3.05) is 13.1 Å². The van der Waals surface area contributed by atoms with Crippen molar-refractivity contribution >= 4 is 11.8 Å². The van der Waals surface area contributed by atoms with E-state index in [-0.39, 0.29) is 24.8 Å². The third-order valence-corrected chi connectivity index (χ3v) is 4.16. The number of aromatic amines is 1. The maximum Gasteiger partial charge on any atom is 0.237 e. The van der Waals surface area contributed by atoms with E-state index in [9.17, 15) is 9.59 Å². The first kappa shape index (κ1) is 17.0. The highest BCUT2D eigenvalue weighted by Gasteiger charge is 2.31. The largest absolute Gasteiger partial charge is 0.353 e. The summed E-state index contributed by atoms with van der Waals surface area (Å²) in [6, 6.07) is 7.71. The Morgan fingerprint density at radius 3 is 2.88 bits per heavy atom. The summed E-state index contributed by atoms with van der Waals surface area (Å²) < 4.78 is 0. The summed E-state index contributed by atoms with van der Waals surface area (Å²) in [7, 11) is 0. The molecule has 132 valence electrons. The van der Waals surface area contributed by atoms with Gasteiger partial charge in [0.25, 0.3) is 0 Å². The number of amides is 2. The number of nitrogens with zero attached hydrogens (tertiary/aromatic N) is 4. The zero-order chi connectivity index (χ0) is 17.6. The first-order valence-electron chi connectivity index (χ1n) is 8.18. The van der Waals surface area contributed by atoms with Gasteiger partial charge < -0.3 is 10.6 Å². The molecular weight excluding hydrogens is 322 g/mol. The van der Waals surface area contributed by atoms with E-state index < -0.39 is 6.04 Å². The van der Waals surface area contributed by atoms with Gasteiger partial charge in [0, 0.05) is 19.6 Å². The SMILES string of the molecule is Cc1ccc(CN2CCNC(=O)[C@@H]2CC(=O)NCc2nn[nH]n2)cc1. The molecule has 0 radical (unpaired) electrons. The van der Waals surface area contributed by atoms with Gasteiger partial charge in [-0.3, -0.25) is 14.5 Å². The molecule has 3 rings (SSSR count). The third-order valence-electron chi connectivity index (χ3n) is 4.16. The predicted molar refractivity (Wildman–Crippen MR) is 89.0 cm³/mol. The van der Waals surface area contributed by atoms with E-state index in [1.165, 1.54) is 5.56 Å². The molecule has 1 fully saturated rings. The molecule has 1 atom stereocenters. The summed E-state index contributed by atoms with van der Waals surface area (Å²) in [5, 5.41) is 18.9. The Balaban J connectivity index is 1.60. The minimum absolute atomic E-state index is 0.0928. The normalized spacial score (nSPS) is 18.0. The molecule has 0 spiro atoms. The summed E-state index contributed by atoms with van der Waals surface area (Å²) >= 11 is 0. The summed E-state index contributed by atoms with van der Waals surface area (Å²) in [5.41, 5.74) is 2.31. The van der Waals surface area contributed by atoms with Gasteiger partial charge in [-0.15, -0.1) is 10.2 Å². The van der Waals surface area contributed by atoms with Crippen molar-refractivity contribution in [1.82, 2.24) is 36.2 Å². The van der Waals surface area contributed by atoms with Crippen molar-refractivity contribution in [2.24, 2.45) is 0 Å². The fourth-order valence-electron chi connectivity index (χ4n) is 2.78. The second kappa shape index (κ2) is 7.84. The molecule has 9 heteroatoms. The number of aryl methyl sites for hydroxylation is 1. The number of rotatable bonds is 6. The number of piperazine rings is 1. The second-order valence-corrected chi connectivity index (χ2v) is 6.07. The molecule has 1 aliphatic rings. The first-order valence-corrected chi connectivity index (χ1v) is 8.18. The van der Waals surface area contributed by atoms with Crippen molar-refractivity contribution in [1.29, 1.82) is 0 Å². The Bertz CT molecular complexity index is 715. The van der Waals surface area contributed by atoms with Gasteiger partial charge in [0.1, 0.15) is 0 Å². The molecule has 9 nitrogen and oxygen atoms in total. The van der Waals surface area contributed by atoms with Crippen LogP contribution in [0, 0.1) is 6.92 Å². The number of tetrazole rings is 1. The van der Waals surface area contributed by atoms with Gasteiger partial charge >= 0.3 is 0 Å². The molecule has 2 aromatic rings. The lowest BCUT2D eigenvalue weighted by atomic mass is 10.1. The van der Waals surface area contributed by atoms with E-state index in [2.05, 4.69) is 43.4 Å². The molecule has 0 saturated carbocycles. The molecule has 1 aliphatic heterocycles. The quantitative estimate of drug-likeness (QED) is 0.652. The van der Waals surface area contributed by atoms with Gasteiger partial charge in [-0.1, -0.05) is 35.0 Å². The number of nitrogens with one attached hydrogen (secondary N) is 3. The van der Waals surface area contributed by atoms with E-state index >= 15 is 0 Å². The Labute approximate surface area is 145 Å². The Kier molecular flexibility index (Phi) is 5.34. The van der Waals surface area contributed by atoms with Gasteiger partial charge in [-0.05, 0) is 12.5 Å². The van der Waals surface area contributed by atoms with Crippen LogP contribution in [0.5, 0.6) is 0 Å². The van der Waals surface area contributed by atoms with Crippen LogP contribution in [0.25, 0.3) is 0 Å². The van der Waals surface area contributed by atoms with Crippen LogP contribution in [-0.2, 0) is 22.7 Å². The highest BCUT2D eigenvalue weighted by atomic mass is 16.2. The molecule has 2 heterocycles. The topological polar surface area (TPSA) is 116 Å². The van der Waals surface area contributed by atoms with Crippen LogP contribution >= 0.6 is 0 Å². The van der Waals surface area contributed by atoms with Crippen LogP contribution < -0.4 is 10.6 Å². The van der Waals surface area contributed by atoms with Crippen molar-refractivity contribution in [2.45, 2.75) is 32.5 Å². The molecular formula is C16H21N7O2. The molecule has 0 unspecified atom stereocenters. The Hall–Kier alpha value is -2.81. The highest BCUT2D eigenvalue weighted by Crippen LogP contribution is 2.14. The summed E-state index contributed by atoms with van der Waals surface area (Å²) in [4.78, 5) is 26.5. The third kappa shape index (κ3) is 4.60. The van der Waals surface area contributed by atoms with Crippen molar-refractivity contribution < 1.29 is 9.59 Å². The van der Waals surface area contributed by atoms with Crippen molar-refractivity contribution in [3.8, 4) is 0 Å². The Morgan fingerprint density at radius 1 is 1.36 bits per heavy atom. The molecule has 2 amide bonds. The number of carbonyl (C=O) groups is 2. The average molecular weight is 343 g/mol. The number of hydrogen-bond acceptors (Lipinski definition) is 6. The number of H-pyrrole nitrogens is 1. The van der Waals surface area contributed by atoms with Crippen LogP contribution in [0.2, 0.25) is 0 Å². The summed E-state index contributed by atoms with van der Waals surface area (Å²) in [6.07, 6.45) is 0.0928. The van der Waals surface area contributed by atoms with Crippen LogP contribution in [0.15, 0.2) is 24.3 Å². The predicted octanol–water partition coefficient (Wildman–Crippen LogP) is -0.485. The van der Waals surface area contributed by atoms with E-state index in [1.807, 2.05) is 24.0 Å². The van der Waals surface area contributed by atoms with Crippen LogP contribution in [0.3, 0.4) is 0 Å². The fourth-order valence-corrected chi connectivity index (χ4v) is 2.78. The molecule has 0 aliphatic carbocycles. The number of benzene rings is 1. The zero-order valence-electron chi connectivity index (χ0n) is 14.0. The molecule has 0 bridgehead atoms. The highest BCUT2D eigenvalue weighted by molar-refractivity contribution is 5.88. The Morgan fingerprint density at radius 2 is 2.16 bits per heavy atom. The minimum Gasteiger partial charge on any atom is -0.353 e. The number of carbonyl (C=O) groups excluding carboxylic acids is 2. The summed E-state index contributed by atoms with van der Waals surface area (Å²) in [5.74, 6) is 0.0618. The molecule has 1 aromatic carbocycles. The minimum atomic E-state index is -0.486. The maximum atomic E-state index is 12.2. The number of aromatic nitrogens is 4. The lowest BCUT2D eigenvalue weighted by Gasteiger charge is -2.34.